The number of nitrogens with one attached hydrogen (secondary N) is 1. The summed E-state index contributed by atoms with van der Waals surface area (Å²) in [6.07, 6.45) is 1.85. The fourth-order valence-electron chi connectivity index (χ4n) is 2.13. The van der Waals surface area contributed by atoms with E-state index >= 15 is 0 Å². The molecule has 0 aliphatic carbocycles. The molecule has 0 aromatic heterocycles. The number of hydrogen-bond donors (Lipinski definition) is 2. The van der Waals surface area contributed by atoms with Crippen LogP contribution in [0, 0.1) is 5.82 Å². The standard InChI is InChI=1S/C17H20FNO2/c1-12(19-14-7-10-17(20)16(18)11-14)3-4-13-5-8-15(21-2)9-6-13/h5-12,19-20H,3-4H2,1-2H3. The predicted octanol–water partition coefficient (Wildman–Crippen LogP) is 3.97. The van der Waals surface area contributed by atoms with Crippen LogP contribution in [-0.2, 0) is 6.42 Å². The number of anilines is 1. The van der Waals surface area contributed by atoms with Crippen molar-refractivity contribution >= 4 is 5.69 Å². The molecule has 0 amide bonds. The Balaban J connectivity index is 1.86. The first-order valence-electron chi connectivity index (χ1n) is 6.96. The van der Waals surface area contributed by atoms with E-state index in [4.69, 9.17) is 9.84 Å². The van der Waals surface area contributed by atoms with Gasteiger partial charge in [0.1, 0.15) is 5.75 Å². The van der Waals surface area contributed by atoms with Crippen LogP contribution in [0.3, 0.4) is 0 Å². The van der Waals surface area contributed by atoms with E-state index in [9.17, 15) is 4.39 Å². The third-order valence-electron chi connectivity index (χ3n) is 3.39. The molecular weight excluding hydrogens is 269 g/mol. The predicted molar refractivity (Wildman–Crippen MR) is 82.5 cm³/mol. The Morgan fingerprint density at radius 3 is 2.52 bits per heavy atom. The summed E-state index contributed by atoms with van der Waals surface area (Å²) in [6, 6.07) is 12.5. The molecule has 4 heteroatoms. The highest BCUT2D eigenvalue weighted by Gasteiger charge is 2.06. The van der Waals surface area contributed by atoms with Crippen molar-refractivity contribution in [1.29, 1.82) is 0 Å². The zero-order valence-corrected chi connectivity index (χ0v) is 12.3. The molecule has 1 unspecified atom stereocenters. The van der Waals surface area contributed by atoms with Crippen molar-refractivity contribution in [2.24, 2.45) is 0 Å². The van der Waals surface area contributed by atoms with E-state index in [1.165, 1.54) is 17.7 Å². The number of methoxy groups -OCH3 is 1. The molecule has 1 atom stereocenters. The summed E-state index contributed by atoms with van der Waals surface area (Å²) in [5.74, 6) is -0.0849. The van der Waals surface area contributed by atoms with Crippen LogP contribution in [0.5, 0.6) is 11.5 Å². The number of aryl methyl sites for hydroxylation is 1. The van der Waals surface area contributed by atoms with Crippen LogP contribution in [0.1, 0.15) is 18.9 Å². The quantitative estimate of drug-likeness (QED) is 0.791. The van der Waals surface area contributed by atoms with Gasteiger partial charge in [-0.1, -0.05) is 12.1 Å². The lowest BCUT2D eigenvalue weighted by atomic mass is 10.1. The first-order valence-corrected chi connectivity index (χ1v) is 6.96. The molecule has 0 aliphatic rings. The van der Waals surface area contributed by atoms with E-state index in [1.54, 1.807) is 13.2 Å². The molecule has 0 saturated carbocycles. The molecule has 2 aromatic rings. The maximum Gasteiger partial charge on any atom is 0.166 e. The van der Waals surface area contributed by atoms with Gasteiger partial charge in [0, 0.05) is 17.8 Å². The second kappa shape index (κ2) is 6.97. The molecule has 0 bridgehead atoms. The largest absolute Gasteiger partial charge is 0.505 e. The summed E-state index contributed by atoms with van der Waals surface area (Å²) in [5.41, 5.74) is 1.91. The van der Waals surface area contributed by atoms with E-state index in [2.05, 4.69) is 5.32 Å². The van der Waals surface area contributed by atoms with E-state index in [-0.39, 0.29) is 11.8 Å². The summed E-state index contributed by atoms with van der Waals surface area (Å²) in [5, 5.41) is 12.4. The normalized spacial score (nSPS) is 12.0. The number of phenolic OH excluding ortho intramolecular Hbond substituents is 1. The van der Waals surface area contributed by atoms with Gasteiger partial charge in [-0.25, -0.2) is 4.39 Å². The highest BCUT2D eigenvalue weighted by atomic mass is 19.1. The topological polar surface area (TPSA) is 41.5 Å². The number of rotatable bonds is 6. The molecule has 3 nitrogen and oxygen atoms in total. The number of halogens is 1. The monoisotopic (exact) mass is 289 g/mol. The summed E-state index contributed by atoms with van der Waals surface area (Å²) >= 11 is 0. The van der Waals surface area contributed by atoms with E-state index in [0.29, 0.717) is 5.69 Å². The summed E-state index contributed by atoms with van der Waals surface area (Å²) in [6.45, 7) is 2.05. The zero-order valence-electron chi connectivity index (χ0n) is 12.3. The lowest BCUT2D eigenvalue weighted by molar-refractivity contribution is 0.414. The van der Waals surface area contributed by atoms with E-state index in [0.717, 1.165) is 18.6 Å². The van der Waals surface area contributed by atoms with Crippen molar-refractivity contribution in [1.82, 2.24) is 0 Å². The molecule has 0 aliphatic heterocycles. The average Bonchev–Trinajstić information content (AvgIpc) is 2.49. The van der Waals surface area contributed by atoms with Crippen LogP contribution in [-0.4, -0.2) is 18.3 Å². The van der Waals surface area contributed by atoms with E-state index in [1.807, 2.05) is 31.2 Å². The molecule has 2 aromatic carbocycles. The van der Waals surface area contributed by atoms with Crippen molar-refractivity contribution in [2.45, 2.75) is 25.8 Å². The molecule has 2 rings (SSSR count). The van der Waals surface area contributed by atoms with Crippen LogP contribution < -0.4 is 10.1 Å². The number of hydrogen-bond acceptors (Lipinski definition) is 3. The van der Waals surface area contributed by atoms with Crippen LogP contribution in [0.2, 0.25) is 0 Å². The maximum atomic E-state index is 13.2. The van der Waals surface area contributed by atoms with Crippen LogP contribution in [0.25, 0.3) is 0 Å². The highest BCUT2D eigenvalue weighted by molar-refractivity contribution is 5.47. The van der Waals surface area contributed by atoms with Gasteiger partial charge in [-0.05, 0) is 49.6 Å². The van der Waals surface area contributed by atoms with Gasteiger partial charge in [0.2, 0.25) is 0 Å². The SMILES string of the molecule is COc1ccc(CCC(C)Nc2ccc(O)c(F)c2)cc1. The molecule has 0 saturated heterocycles. The fraction of sp³-hybridized carbons (Fsp3) is 0.294. The second-order valence-electron chi connectivity index (χ2n) is 5.10. The second-order valence-corrected chi connectivity index (χ2v) is 5.10. The number of benzene rings is 2. The van der Waals surface area contributed by atoms with Crippen molar-refractivity contribution in [3.8, 4) is 11.5 Å². The lowest BCUT2D eigenvalue weighted by Crippen LogP contribution is -2.16. The van der Waals surface area contributed by atoms with Crippen molar-refractivity contribution < 1.29 is 14.2 Å². The van der Waals surface area contributed by atoms with Gasteiger partial charge in [0.25, 0.3) is 0 Å². The van der Waals surface area contributed by atoms with Gasteiger partial charge in [-0.3, -0.25) is 0 Å². The van der Waals surface area contributed by atoms with Crippen molar-refractivity contribution in [3.63, 3.8) is 0 Å². The average molecular weight is 289 g/mol. The zero-order chi connectivity index (χ0) is 15.2. The molecule has 2 N–H and O–H groups in total. The van der Waals surface area contributed by atoms with Gasteiger partial charge >= 0.3 is 0 Å². The molecular formula is C17H20FNO2. The van der Waals surface area contributed by atoms with Gasteiger partial charge in [0.15, 0.2) is 11.6 Å². The minimum Gasteiger partial charge on any atom is -0.505 e. The third kappa shape index (κ3) is 4.38. The number of aromatic hydroxyl groups is 1. The smallest absolute Gasteiger partial charge is 0.166 e. The van der Waals surface area contributed by atoms with Crippen molar-refractivity contribution in [2.75, 3.05) is 12.4 Å². The minimum absolute atomic E-state index is 0.205. The number of phenols is 1. The van der Waals surface area contributed by atoms with Crippen molar-refractivity contribution in [3.05, 3.63) is 53.8 Å². The first kappa shape index (κ1) is 15.2. The molecule has 0 radical (unpaired) electrons. The fourth-order valence-corrected chi connectivity index (χ4v) is 2.13. The molecule has 0 fully saturated rings. The van der Waals surface area contributed by atoms with Crippen LogP contribution in [0.4, 0.5) is 10.1 Å². The Morgan fingerprint density at radius 1 is 1.19 bits per heavy atom. The van der Waals surface area contributed by atoms with E-state index < -0.39 is 5.82 Å². The van der Waals surface area contributed by atoms with Gasteiger partial charge < -0.3 is 15.2 Å². The Morgan fingerprint density at radius 2 is 1.90 bits per heavy atom. The molecule has 112 valence electrons. The minimum atomic E-state index is -0.609. The summed E-state index contributed by atoms with van der Waals surface area (Å²) < 4.78 is 18.4. The Bertz CT molecular complexity index is 584. The third-order valence-corrected chi connectivity index (χ3v) is 3.39. The molecule has 21 heavy (non-hydrogen) atoms. The van der Waals surface area contributed by atoms with Gasteiger partial charge in [-0.15, -0.1) is 0 Å². The van der Waals surface area contributed by atoms with Crippen LogP contribution >= 0.6 is 0 Å². The Kier molecular flexibility index (Phi) is 5.04. The molecule has 0 spiro atoms. The van der Waals surface area contributed by atoms with Gasteiger partial charge in [0.05, 0.1) is 7.11 Å². The summed E-state index contributed by atoms with van der Waals surface area (Å²) in [4.78, 5) is 0. The maximum absolute atomic E-state index is 13.2. The van der Waals surface area contributed by atoms with Gasteiger partial charge in [-0.2, -0.15) is 0 Å². The summed E-state index contributed by atoms with van der Waals surface area (Å²) in [7, 11) is 1.65. The van der Waals surface area contributed by atoms with Crippen LogP contribution in [0.15, 0.2) is 42.5 Å². The lowest BCUT2D eigenvalue weighted by Gasteiger charge is -2.15. The first-order chi connectivity index (χ1) is 10.1. The Labute approximate surface area is 124 Å². The Hall–Kier alpha value is -2.23. The highest BCUT2D eigenvalue weighted by Crippen LogP contribution is 2.21. The molecule has 0 heterocycles. The number of ether oxygens (including phenoxy) is 1.